The zero-order chi connectivity index (χ0) is 21.5. The van der Waals surface area contributed by atoms with Crippen molar-refractivity contribution in [1.82, 2.24) is 4.57 Å². The Morgan fingerprint density at radius 3 is 2.68 bits per heavy atom. The fraction of sp³-hybridized carbons (Fsp3) is 0.679. The molecule has 3 fully saturated rings. The van der Waals surface area contributed by atoms with Gasteiger partial charge in [0.15, 0.2) is 0 Å². The molecule has 6 rings (SSSR count). The van der Waals surface area contributed by atoms with Crippen LogP contribution in [0, 0.1) is 29.1 Å². The van der Waals surface area contributed by atoms with Crippen LogP contribution in [-0.4, -0.2) is 16.6 Å². The number of aryl methyl sites for hydroxylation is 1. The highest BCUT2D eigenvalue weighted by Crippen LogP contribution is 2.66. The van der Waals surface area contributed by atoms with Crippen molar-refractivity contribution in [2.45, 2.75) is 83.7 Å². The number of para-hydroxylation sites is 1. The van der Waals surface area contributed by atoms with E-state index < -0.39 is 0 Å². The van der Waals surface area contributed by atoms with Gasteiger partial charge >= 0.3 is 5.97 Å². The largest absolute Gasteiger partial charge is 0.463 e. The maximum atomic E-state index is 11.5. The maximum absolute atomic E-state index is 11.5. The molecule has 1 aromatic heterocycles. The number of nitrogens with zero attached hydrogens (tertiary/aromatic N) is 1. The van der Waals surface area contributed by atoms with Crippen LogP contribution in [0.25, 0.3) is 10.9 Å². The molecule has 0 saturated heterocycles. The highest BCUT2D eigenvalue weighted by atomic mass is 16.5. The third-order valence-corrected chi connectivity index (χ3v) is 10.5. The van der Waals surface area contributed by atoms with Crippen LogP contribution in [0.1, 0.15) is 77.0 Å². The van der Waals surface area contributed by atoms with Gasteiger partial charge in [-0.3, -0.25) is 4.79 Å². The highest BCUT2D eigenvalue weighted by Gasteiger charge is 2.60. The van der Waals surface area contributed by atoms with Crippen molar-refractivity contribution >= 4 is 16.9 Å². The second kappa shape index (κ2) is 6.62. The van der Waals surface area contributed by atoms with E-state index in [1.807, 2.05) is 0 Å². The average Bonchev–Trinajstić information content (AvgIpc) is 3.21. The van der Waals surface area contributed by atoms with Gasteiger partial charge in [-0.15, -0.1) is 0 Å². The molecule has 0 bridgehead atoms. The van der Waals surface area contributed by atoms with Gasteiger partial charge in [-0.25, -0.2) is 0 Å². The lowest BCUT2D eigenvalue weighted by Crippen LogP contribution is -2.54. The molecule has 4 aliphatic carbocycles. The lowest BCUT2D eigenvalue weighted by molar-refractivity contribution is -0.157. The van der Waals surface area contributed by atoms with E-state index in [0.29, 0.717) is 10.8 Å². The number of ether oxygens (including phenoxy) is 1. The number of benzene rings is 1. The summed E-state index contributed by atoms with van der Waals surface area (Å²) in [7, 11) is 2.30. The smallest absolute Gasteiger partial charge is 0.302 e. The molecule has 3 saturated carbocycles. The lowest BCUT2D eigenvalue weighted by atomic mass is 9.45. The fourth-order valence-corrected chi connectivity index (χ4v) is 9.18. The molecule has 1 aromatic carbocycles. The van der Waals surface area contributed by atoms with Crippen molar-refractivity contribution in [3.05, 3.63) is 35.5 Å². The number of fused-ring (bicyclic) bond motifs is 9. The molecular weight excluding hydrogens is 382 g/mol. The predicted molar refractivity (Wildman–Crippen MR) is 124 cm³/mol. The van der Waals surface area contributed by atoms with Crippen LogP contribution in [0.15, 0.2) is 24.3 Å². The Morgan fingerprint density at radius 2 is 1.87 bits per heavy atom. The number of esters is 1. The van der Waals surface area contributed by atoms with Crippen LogP contribution in [0.5, 0.6) is 0 Å². The highest BCUT2D eigenvalue weighted by molar-refractivity contribution is 5.87. The fourth-order valence-electron chi connectivity index (χ4n) is 9.18. The summed E-state index contributed by atoms with van der Waals surface area (Å²) in [6.07, 6.45) is 10.2. The summed E-state index contributed by atoms with van der Waals surface area (Å²) >= 11 is 0. The average molecular weight is 420 g/mol. The van der Waals surface area contributed by atoms with E-state index >= 15 is 0 Å². The number of hydrogen-bond donors (Lipinski definition) is 0. The molecule has 3 nitrogen and oxygen atoms in total. The van der Waals surface area contributed by atoms with Crippen LogP contribution in [0.4, 0.5) is 0 Å². The Balaban J connectivity index is 1.32. The molecule has 2 aromatic rings. The summed E-state index contributed by atoms with van der Waals surface area (Å²) in [5, 5.41) is 1.49. The first kappa shape index (κ1) is 19.9. The topological polar surface area (TPSA) is 31.2 Å². The standard InChI is InChI=1S/C28H37NO2/c1-17(30)31-19-11-13-27(2)18(15-19)9-10-21-23(27)12-14-28(3)24(21)16-22-20-7-5-6-8-25(20)29(4)26(22)28/h5-8,18-19,21,23-24H,9-16H2,1-4H3/t18-,19-,21+,23-,24-,27-,28-/m0/s1. The zero-order valence-electron chi connectivity index (χ0n) is 19.6. The predicted octanol–water partition coefficient (Wildman–Crippen LogP) is 6.17. The minimum atomic E-state index is -0.105. The first-order valence-electron chi connectivity index (χ1n) is 12.6. The molecule has 31 heavy (non-hydrogen) atoms. The van der Waals surface area contributed by atoms with Crippen LogP contribution in [0.3, 0.4) is 0 Å². The van der Waals surface area contributed by atoms with Crippen molar-refractivity contribution in [3.63, 3.8) is 0 Å². The Hall–Kier alpha value is -1.77. The summed E-state index contributed by atoms with van der Waals surface area (Å²) in [4.78, 5) is 11.5. The summed E-state index contributed by atoms with van der Waals surface area (Å²) in [5.74, 6) is 3.09. The van der Waals surface area contributed by atoms with Gasteiger partial charge in [-0.05, 0) is 92.1 Å². The van der Waals surface area contributed by atoms with Crippen LogP contribution in [-0.2, 0) is 28.4 Å². The first-order valence-corrected chi connectivity index (χ1v) is 12.6. The molecular formula is C28H37NO2. The van der Waals surface area contributed by atoms with Crippen molar-refractivity contribution in [2.24, 2.45) is 36.1 Å². The molecule has 0 aliphatic heterocycles. The van der Waals surface area contributed by atoms with Gasteiger partial charge < -0.3 is 9.30 Å². The number of hydrogen-bond acceptors (Lipinski definition) is 2. The third kappa shape index (κ3) is 2.61. The molecule has 3 heteroatoms. The Bertz CT molecular complexity index is 1050. The summed E-state index contributed by atoms with van der Waals surface area (Å²) in [5.41, 5.74) is 5.45. The quantitative estimate of drug-likeness (QED) is 0.518. The van der Waals surface area contributed by atoms with E-state index in [2.05, 4.69) is 49.7 Å². The normalized spacial score (nSPS) is 41.2. The third-order valence-electron chi connectivity index (χ3n) is 10.5. The van der Waals surface area contributed by atoms with Crippen molar-refractivity contribution < 1.29 is 9.53 Å². The summed E-state index contributed by atoms with van der Waals surface area (Å²) < 4.78 is 8.18. The monoisotopic (exact) mass is 419 g/mol. The molecule has 0 spiro atoms. The van der Waals surface area contributed by atoms with Crippen LogP contribution >= 0.6 is 0 Å². The Morgan fingerprint density at radius 1 is 1.06 bits per heavy atom. The summed E-state index contributed by atoms with van der Waals surface area (Å²) in [6, 6.07) is 9.04. The second-order valence-electron chi connectivity index (χ2n) is 11.7. The molecule has 0 unspecified atom stereocenters. The van der Waals surface area contributed by atoms with Gasteiger partial charge in [0.2, 0.25) is 0 Å². The SMILES string of the molecule is CC(=O)O[C@H]1CC[C@@]2(C)[C@@H](CC[C@@H]3[C@@H]2CC[C@]2(C)c4c(c5ccccc5n4C)C[C@@H]32)C1. The molecule has 4 aliphatic rings. The van der Waals surface area contributed by atoms with E-state index in [1.54, 1.807) is 18.2 Å². The lowest BCUT2D eigenvalue weighted by Gasteiger charge is -2.60. The molecule has 166 valence electrons. The van der Waals surface area contributed by atoms with Crippen molar-refractivity contribution in [3.8, 4) is 0 Å². The Labute approximate surface area is 186 Å². The van der Waals surface area contributed by atoms with Crippen LogP contribution < -0.4 is 0 Å². The molecule has 0 N–H and O–H groups in total. The van der Waals surface area contributed by atoms with Crippen molar-refractivity contribution in [2.75, 3.05) is 0 Å². The van der Waals surface area contributed by atoms with Gasteiger partial charge in [0.1, 0.15) is 6.10 Å². The van der Waals surface area contributed by atoms with Gasteiger partial charge in [0.05, 0.1) is 0 Å². The van der Waals surface area contributed by atoms with Gasteiger partial charge in [0, 0.05) is 36.0 Å². The van der Waals surface area contributed by atoms with Gasteiger partial charge in [-0.1, -0.05) is 32.0 Å². The van der Waals surface area contributed by atoms with E-state index in [4.69, 9.17) is 4.74 Å². The Kier molecular flexibility index (Phi) is 4.25. The second-order valence-corrected chi connectivity index (χ2v) is 11.7. The molecule has 1 heterocycles. The molecule has 7 atom stereocenters. The van der Waals surface area contributed by atoms with E-state index in [9.17, 15) is 4.79 Å². The molecule has 0 radical (unpaired) electrons. The van der Waals surface area contributed by atoms with Gasteiger partial charge in [-0.2, -0.15) is 0 Å². The first-order chi connectivity index (χ1) is 14.8. The number of carbonyl (C=O) groups is 1. The summed E-state index contributed by atoms with van der Waals surface area (Å²) in [6.45, 7) is 6.75. The van der Waals surface area contributed by atoms with E-state index in [1.165, 1.54) is 49.4 Å². The number of carbonyl (C=O) groups excluding carboxylic acids is 1. The molecule has 0 amide bonds. The maximum Gasteiger partial charge on any atom is 0.302 e. The van der Waals surface area contributed by atoms with Crippen molar-refractivity contribution in [1.29, 1.82) is 0 Å². The van der Waals surface area contributed by atoms with E-state index in [-0.39, 0.29) is 12.1 Å². The number of aromatic nitrogens is 1. The van der Waals surface area contributed by atoms with E-state index in [0.717, 1.165) is 36.5 Å². The zero-order valence-corrected chi connectivity index (χ0v) is 19.6. The number of rotatable bonds is 1. The van der Waals surface area contributed by atoms with Gasteiger partial charge in [0.25, 0.3) is 0 Å². The minimum Gasteiger partial charge on any atom is -0.463 e. The minimum absolute atomic E-state index is 0.105. The van der Waals surface area contributed by atoms with Crippen LogP contribution in [0.2, 0.25) is 0 Å².